The smallest absolute Gasteiger partial charge is 0.0900 e. The van der Waals surface area contributed by atoms with Gasteiger partial charge in [-0.1, -0.05) is 41.9 Å². The lowest BCUT2D eigenvalue weighted by Gasteiger charge is -2.23. The molecule has 2 aliphatic rings. The summed E-state index contributed by atoms with van der Waals surface area (Å²) in [5.74, 6) is 0. The van der Waals surface area contributed by atoms with Crippen LogP contribution < -0.4 is 21.0 Å². The zero-order valence-electron chi connectivity index (χ0n) is 20.3. The number of allylic oxidation sites excluding steroid dienone is 2. The number of anilines is 2. The lowest BCUT2D eigenvalue weighted by molar-refractivity contribution is 0.803. The first-order valence-corrected chi connectivity index (χ1v) is 12.2. The number of fused-ring (bicyclic) bond motifs is 1. The normalized spacial score (nSPS) is 12.9. The van der Waals surface area contributed by atoms with Crippen molar-refractivity contribution in [2.24, 2.45) is 4.99 Å². The largest absolute Gasteiger partial charge is 0.343 e. The zero-order chi connectivity index (χ0) is 25.1. The molecule has 0 saturated carbocycles. The fourth-order valence-corrected chi connectivity index (χ4v) is 4.19. The van der Waals surface area contributed by atoms with Crippen LogP contribution in [0.5, 0.6) is 0 Å². The van der Waals surface area contributed by atoms with E-state index in [1.54, 1.807) is 0 Å². The molecule has 0 amide bonds. The summed E-state index contributed by atoms with van der Waals surface area (Å²) >= 11 is 12.3. The standard InChI is InChI=1S/C29H28Cl2N4/c1-6-7-8-25-20(4)35(24-15-11-22(31)12-16-24)29-18-26(32-19(2)3)28(17-27(29)33-25)34(5)23-13-9-21(30)10-14-23/h6-19H,4H2,1-3,5H3/b7-6-,25-8+,32-26-. The van der Waals surface area contributed by atoms with Gasteiger partial charge in [-0.3, -0.25) is 4.99 Å². The van der Waals surface area contributed by atoms with Crippen molar-refractivity contribution in [3.63, 3.8) is 0 Å². The Labute approximate surface area is 216 Å². The van der Waals surface area contributed by atoms with E-state index >= 15 is 0 Å². The van der Waals surface area contributed by atoms with E-state index < -0.39 is 0 Å². The second kappa shape index (κ2) is 10.5. The summed E-state index contributed by atoms with van der Waals surface area (Å²) in [7, 11) is 2.03. The molecular weight excluding hydrogens is 475 g/mol. The molecule has 1 aliphatic carbocycles. The van der Waals surface area contributed by atoms with Crippen LogP contribution in [0.1, 0.15) is 20.8 Å². The molecule has 0 N–H and O–H groups in total. The summed E-state index contributed by atoms with van der Waals surface area (Å²) in [6.07, 6.45) is 5.92. The van der Waals surface area contributed by atoms with E-state index in [0.717, 1.165) is 44.5 Å². The van der Waals surface area contributed by atoms with Gasteiger partial charge in [-0.2, -0.15) is 0 Å². The number of rotatable bonds is 5. The van der Waals surface area contributed by atoms with Crippen LogP contribution in [0.15, 0.2) is 77.8 Å². The van der Waals surface area contributed by atoms with E-state index in [1.165, 1.54) is 0 Å². The fourth-order valence-electron chi connectivity index (χ4n) is 3.94. The van der Waals surface area contributed by atoms with Crippen molar-refractivity contribution < 1.29 is 0 Å². The minimum Gasteiger partial charge on any atom is -0.343 e. The summed E-state index contributed by atoms with van der Waals surface area (Å²) in [6, 6.07) is 19.8. The van der Waals surface area contributed by atoms with Gasteiger partial charge in [0.1, 0.15) is 0 Å². The van der Waals surface area contributed by atoms with Gasteiger partial charge >= 0.3 is 0 Å². The molecule has 1 aliphatic heterocycles. The molecule has 1 heterocycles. The second-order valence-corrected chi connectivity index (χ2v) is 9.41. The number of aromatic nitrogens is 2. The van der Waals surface area contributed by atoms with E-state index in [2.05, 4.69) is 42.0 Å². The quantitative estimate of drug-likeness (QED) is 0.329. The molecule has 35 heavy (non-hydrogen) atoms. The predicted octanol–water partition coefficient (Wildman–Crippen LogP) is 6.13. The maximum absolute atomic E-state index is 6.18. The van der Waals surface area contributed by atoms with Crippen LogP contribution in [0.25, 0.3) is 29.7 Å². The molecule has 4 nitrogen and oxygen atoms in total. The summed E-state index contributed by atoms with van der Waals surface area (Å²) in [6.45, 7) is 10.5. The zero-order valence-corrected chi connectivity index (χ0v) is 21.8. The number of halogens is 2. The minimum atomic E-state index is 0.114. The van der Waals surface area contributed by atoms with Gasteiger partial charge in [0.05, 0.1) is 33.1 Å². The molecule has 2 aromatic carbocycles. The van der Waals surface area contributed by atoms with Gasteiger partial charge in [0.2, 0.25) is 0 Å². The van der Waals surface area contributed by atoms with Crippen molar-refractivity contribution in [2.45, 2.75) is 26.8 Å². The Balaban J connectivity index is 2.09. The topological polar surface area (TPSA) is 33.4 Å². The fraction of sp³-hybridized carbons (Fsp3) is 0.172. The molecule has 6 heteroatoms. The van der Waals surface area contributed by atoms with E-state index in [9.17, 15) is 0 Å². The Kier molecular flexibility index (Phi) is 7.44. The van der Waals surface area contributed by atoms with E-state index in [4.69, 9.17) is 33.2 Å². The van der Waals surface area contributed by atoms with Gasteiger partial charge in [-0.05, 0) is 87.5 Å². The molecule has 0 aromatic heterocycles. The molecule has 0 atom stereocenters. The highest BCUT2D eigenvalue weighted by molar-refractivity contribution is 6.30. The van der Waals surface area contributed by atoms with Gasteiger partial charge in [0, 0.05) is 34.5 Å². The summed E-state index contributed by atoms with van der Waals surface area (Å²) in [5, 5.41) is 3.83. The first-order valence-electron chi connectivity index (χ1n) is 11.5. The third-order valence-electron chi connectivity index (χ3n) is 5.62. The van der Waals surface area contributed by atoms with Crippen molar-refractivity contribution in [3.05, 3.63) is 98.9 Å². The summed E-state index contributed by atoms with van der Waals surface area (Å²) < 4.78 is 2.11. The van der Waals surface area contributed by atoms with Crippen LogP contribution in [-0.2, 0) is 0 Å². The van der Waals surface area contributed by atoms with Crippen molar-refractivity contribution in [1.29, 1.82) is 0 Å². The van der Waals surface area contributed by atoms with Gasteiger partial charge in [0.15, 0.2) is 0 Å². The molecule has 178 valence electrons. The Morgan fingerprint density at radius 1 is 1.00 bits per heavy atom. The highest BCUT2D eigenvalue weighted by Gasteiger charge is 2.17. The Morgan fingerprint density at radius 3 is 2.23 bits per heavy atom. The maximum atomic E-state index is 6.18. The number of nitrogens with zero attached hydrogens (tertiary/aromatic N) is 4. The van der Waals surface area contributed by atoms with E-state index in [-0.39, 0.29) is 6.04 Å². The molecule has 0 fully saturated rings. The van der Waals surface area contributed by atoms with Crippen LogP contribution in [-0.4, -0.2) is 22.6 Å². The molecule has 0 saturated heterocycles. The monoisotopic (exact) mass is 502 g/mol. The highest BCUT2D eigenvalue weighted by Crippen LogP contribution is 2.28. The Bertz CT molecular complexity index is 1520. The predicted molar refractivity (Wildman–Crippen MR) is 149 cm³/mol. The van der Waals surface area contributed by atoms with Crippen LogP contribution in [0, 0.1) is 0 Å². The lowest BCUT2D eigenvalue weighted by Crippen LogP contribution is -2.38. The molecule has 2 aromatic rings. The van der Waals surface area contributed by atoms with Gasteiger partial charge in [-0.15, -0.1) is 0 Å². The number of hydrogen-bond acceptors (Lipinski definition) is 3. The van der Waals surface area contributed by atoms with Crippen molar-refractivity contribution in [2.75, 3.05) is 11.9 Å². The number of hydrogen-bond donors (Lipinski definition) is 0. The Hall–Kier alpha value is -3.34. The Morgan fingerprint density at radius 2 is 1.63 bits per heavy atom. The average Bonchev–Trinajstić information content (AvgIpc) is 2.83. The molecule has 0 bridgehead atoms. The maximum Gasteiger partial charge on any atom is 0.0900 e. The van der Waals surface area contributed by atoms with Crippen LogP contribution in [0.3, 0.4) is 0 Å². The van der Waals surface area contributed by atoms with Crippen LogP contribution in [0.2, 0.25) is 10.0 Å². The molecule has 4 rings (SSSR count). The molecule has 0 unspecified atom stereocenters. The van der Waals surface area contributed by atoms with E-state index in [1.807, 2.05) is 80.7 Å². The molecule has 0 spiro atoms. The minimum absolute atomic E-state index is 0.114. The van der Waals surface area contributed by atoms with Crippen molar-refractivity contribution in [1.82, 2.24) is 9.55 Å². The summed E-state index contributed by atoms with van der Waals surface area (Å²) in [5.41, 5.74) is 4.67. The van der Waals surface area contributed by atoms with Gasteiger partial charge in [0.25, 0.3) is 0 Å². The van der Waals surface area contributed by atoms with E-state index in [0.29, 0.717) is 10.0 Å². The van der Waals surface area contributed by atoms with Gasteiger partial charge < -0.3 is 9.47 Å². The SMILES string of the molecule is C=c1/c(=C\C=C/C)nc2cc(N(C)c3ccc(Cl)cc3)/c(=N\C(C)C)cc-2n1-c1ccc(Cl)cc1. The third kappa shape index (κ3) is 5.34. The average molecular weight is 503 g/mol. The van der Waals surface area contributed by atoms with Crippen LogP contribution in [0.4, 0.5) is 11.4 Å². The van der Waals surface area contributed by atoms with Crippen molar-refractivity contribution in [3.8, 4) is 17.1 Å². The van der Waals surface area contributed by atoms with Gasteiger partial charge in [-0.25, -0.2) is 4.98 Å². The van der Waals surface area contributed by atoms with Crippen LogP contribution >= 0.6 is 23.2 Å². The summed E-state index contributed by atoms with van der Waals surface area (Å²) in [4.78, 5) is 12.0. The molecule has 0 radical (unpaired) electrons. The lowest BCUT2D eigenvalue weighted by atomic mass is 10.1. The molecular formula is C29H28Cl2N4. The first kappa shape index (κ1) is 24.8. The number of benzene rings is 3. The first-order chi connectivity index (χ1) is 16.8. The third-order valence-corrected chi connectivity index (χ3v) is 6.13. The van der Waals surface area contributed by atoms with Crippen molar-refractivity contribution >= 4 is 47.2 Å². The highest BCUT2D eigenvalue weighted by atomic mass is 35.5. The second-order valence-electron chi connectivity index (χ2n) is 8.54.